The number of carbonyl (C=O) groups is 1. The van der Waals surface area contributed by atoms with Crippen molar-refractivity contribution in [3.8, 4) is 0 Å². The summed E-state index contributed by atoms with van der Waals surface area (Å²) >= 11 is 0. The van der Waals surface area contributed by atoms with Crippen LogP contribution in [0, 0.1) is 6.92 Å². The van der Waals surface area contributed by atoms with E-state index in [1.165, 1.54) is 10.9 Å². The lowest BCUT2D eigenvalue weighted by Gasteiger charge is -2.32. The van der Waals surface area contributed by atoms with Gasteiger partial charge < -0.3 is 14.5 Å². The van der Waals surface area contributed by atoms with Crippen LogP contribution in [0.4, 0.5) is 0 Å². The molecule has 1 amide bonds. The van der Waals surface area contributed by atoms with E-state index in [0.717, 1.165) is 49.4 Å². The highest BCUT2D eigenvalue weighted by Gasteiger charge is 2.27. The maximum Gasteiger partial charge on any atom is 0.222 e. The highest BCUT2D eigenvalue weighted by Crippen LogP contribution is 2.27. The summed E-state index contributed by atoms with van der Waals surface area (Å²) in [5.41, 5.74) is 3.41. The Bertz CT molecular complexity index is 923. The molecule has 0 saturated carbocycles. The fraction of sp³-hybridized carbons (Fsp3) is 0.429. The standard InChI is InChI=1S/C21H26N4O/c1-15-13-24(2)21(23-15)17-6-5-11-25(14-17)20(26)10-9-16-12-22-19-8-4-3-7-18(16)19/h3-4,7-8,12-13,17,22H,5-6,9-11,14H2,1-2H3/t17-/m1/s1. The maximum atomic E-state index is 12.8. The average Bonchev–Trinajstić information content (AvgIpc) is 3.22. The number of piperidine rings is 1. The number of nitrogens with one attached hydrogen (secondary N) is 1. The van der Waals surface area contributed by atoms with Crippen LogP contribution in [0.1, 0.15) is 42.3 Å². The number of aromatic amines is 1. The zero-order valence-electron chi connectivity index (χ0n) is 15.5. The Hall–Kier alpha value is -2.56. The molecule has 0 aliphatic carbocycles. The minimum Gasteiger partial charge on any atom is -0.361 e. The molecule has 3 heterocycles. The molecular weight excluding hydrogens is 324 g/mol. The fourth-order valence-electron chi connectivity index (χ4n) is 4.17. The Morgan fingerprint density at radius 2 is 2.19 bits per heavy atom. The first-order valence-electron chi connectivity index (χ1n) is 9.44. The summed E-state index contributed by atoms with van der Waals surface area (Å²) in [6, 6.07) is 8.27. The van der Waals surface area contributed by atoms with Crippen LogP contribution in [0.5, 0.6) is 0 Å². The van der Waals surface area contributed by atoms with E-state index in [0.29, 0.717) is 12.3 Å². The number of imidazole rings is 1. The summed E-state index contributed by atoms with van der Waals surface area (Å²) in [5, 5.41) is 1.22. The predicted molar refractivity (Wildman–Crippen MR) is 103 cm³/mol. The van der Waals surface area contributed by atoms with E-state index >= 15 is 0 Å². The molecule has 1 atom stereocenters. The molecular formula is C21H26N4O. The Morgan fingerprint density at radius 1 is 1.35 bits per heavy atom. The lowest BCUT2D eigenvalue weighted by Crippen LogP contribution is -2.39. The van der Waals surface area contributed by atoms with Crippen molar-refractivity contribution < 1.29 is 4.79 Å². The van der Waals surface area contributed by atoms with E-state index in [-0.39, 0.29) is 5.91 Å². The van der Waals surface area contributed by atoms with Gasteiger partial charge in [0, 0.05) is 55.8 Å². The number of aryl methyl sites for hydroxylation is 3. The summed E-state index contributed by atoms with van der Waals surface area (Å²) in [5.74, 6) is 1.71. The molecule has 5 heteroatoms. The molecule has 1 saturated heterocycles. The molecule has 0 bridgehead atoms. The van der Waals surface area contributed by atoms with Gasteiger partial charge in [-0.15, -0.1) is 0 Å². The molecule has 2 aromatic heterocycles. The first-order valence-corrected chi connectivity index (χ1v) is 9.44. The molecule has 26 heavy (non-hydrogen) atoms. The van der Waals surface area contributed by atoms with Crippen molar-refractivity contribution in [1.82, 2.24) is 19.4 Å². The van der Waals surface area contributed by atoms with Crippen LogP contribution < -0.4 is 0 Å². The van der Waals surface area contributed by atoms with Crippen LogP contribution >= 0.6 is 0 Å². The van der Waals surface area contributed by atoms with Crippen molar-refractivity contribution in [2.75, 3.05) is 13.1 Å². The molecule has 0 radical (unpaired) electrons. The summed E-state index contributed by atoms with van der Waals surface area (Å²) in [6.45, 7) is 3.68. The molecule has 1 aliphatic heterocycles. The van der Waals surface area contributed by atoms with Gasteiger partial charge in [0.05, 0.1) is 5.69 Å². The zero-order valence-corrected chi connectivity index (χ0v) is 15.5. The quantitative estimate of drug-likeness (QED) is 0.782. The van der Waals surface area contributed by atoms with E-state index in [4.69, 9.17) is 0 Å². The monoisotopic (exact) mass is 350 g/mol. The molecule has 1 fully saturated rings. The van der Waals surface area contributed by atoms with E-state index in [2.05, 4.69) is 32.9 Å². The summed E-state index contributed by atoms with van der Waals surface area (Å²) in [7, 11) is 2.05. The van der Waals surface area contributed by atoms with Crippen molar-refractivity contribution in [3.05, 3.63) is 53.7 Å². The van der Waals surface area contributed by atoms with Gasteiger partial charge in [0.25, 0.3) is 0 Å². The van der Waals surface area contributed by atoms with E-state index in [1.807, 2.05) is 37.2 Å². The minimum atomic E-state index is 0.255. The zero-order chi connectivity index (χ0) is 18.1. The second kappa shape index (κ2) is 6.98. The Labute approximate surface area is 154 Å². The van der Waals surface area contributed by atoms with Crippen LogP contribution in [-0.4, -0.2) is 38.4 Å². The number of H-pyrrole nitrogens is 1. The van der Waals surface area contributed by atoms with Crippen LogP contribution in [0.25, 0.3) is 10.9 Å². The smallest absolute Gasteiger partial charge is 0.222 e. The van der Waals surface area contributed by atoms with Crippen molar-refractivity contribution in [1.29, 1.82) is 0 Å². The van der Waals surface area contributed by atoms with E-state index < -0.39 is 0 Å². The van der Waals surface area contributed by atoms with Crippen LogP contribution in [0.15, 0.2) is 36.7 Å². The molecule has 1 aromatic carbocycles. The molecule has 5 nitrogen and oxygen atoms in total. The fourth-order valence-corrected chi connectivity index (χ4v) is 4.17. The molecule has 1 N–H and O–H groups in total. The lowest BCUT2D eigenvalue weighted by atomic mass is 9.96. The van der Waals surface area contributed by atoms with Gasteiger partial charge in [-0.25, -0.2) is 4.98 Å². The maximum absolute atomic E-state index is 12.8. The Balaban J connectivity index is 1.40. The van der Waals surface area contributed by atoms with Crippen molar-refractivity contribution in [2.24, 2.45) is 7.05 Å². The Kier molecular flexibility index (Phi) is 4.53. The number of rotatable bonds is 4. The second-order valence-corrected chi connectivity index (χ2v) is 7.39. The van der Waals surface area contributed by atoms with Gasteiger partial charge >= 0.3 is 0 Å². The third kappa shape index (κ3) is 3.26. The van der Waals surface area contributed by atoms with Gasteiger partial charge in [-0.3, -0.25) is 4.79 Å². The SMILES string of the molecule is Cc1cn(C)c([C@@H]2CCCN(C(=O)CCc3c[nH]c4ccccc34)C2)n1. The first kappa shape index (κ1) is 16.9. The van der Waals surface area contributed by atoms with Crippen molar-refractivity contribution in [3.63, 3.8) is 0 Å². The third-order valence-electron chi connectivity index (χ3n) is 5.46. The second-order valence-electron chi connectivity index (χ2n) is 7.39. The van der Waals surface area contributed by atoms with Gasteiger partial charge in [-0.05, 0) is 37.8 Å². The van der Waals surface area contributed by atoms with Crippen LogP contribution in [-0.2, 0) is 18.3 Å². The number of aromatic nitrogens is 3. The number of fused-ring (bicyclic) bond motifs is 1. The molecule has 1 aliphatic rings. The van der Waals surface area contributed by atoms with Gasteiger partial charge in [0.2, 0.25) is 5.91 Å². The third-order valence-corrected chi connectivity index (χ3v) is 5.46. The van der Waals surface area contributed by atoms with Gasteiger partial charge in [-0.2, -0.15) is 0 Å². The molecule has 0 spiro atoms. The summed E-state index contributed by atoms with van der Waals surface area (Å²) in [6.07, 6.45) is 7.60. The highest BCUT2D eigenvalue weighted by atomic mass is 16.2. The topological polar surface area (TPSA) is 53.9 Å². The van der Waals surface area contributed by atoms with Crippen LogP contribution in [0.2, 0.25) is 0 Å². The number of likely N-dealkylation sites (tertiary alicyclic amines) is 1. The normalized spacial score (nSPS) is 17.8. The van der Waals surface area contributed by atoms with E-state index in [9.17, 15) is 4.79 Å². The van der Waals surface area contributed by atoms with Crippen molar-refractivity contribution >= 4 is 16.8 Å². The summed E-state index contributed by atoms with van der Waals surface area (Å²) < 4.78 is 2.11. The number of para-hydroxylation sites is 1. The number of benzene rings is 1. The van der Waals surface area contributed by atoms with Crippen LogP contribution in [0.3, 0.4) is 0 Å². The van der Waals surface area contributed by atoms with E-state index in [1.54, 1.807) is 0 Å². The number of amides is 1. The summed E-state index contributed by atoms with van der Waals surface area (Å²) in [4.78, 5) is 22.8. The van der Waals surface area contributed by atoms with Gasteiger partial charge in [0.15, 0.2) is 0 Å². The molecule has 4 rings (SSSR count). The largest absolute Gasteiger partial charge is 0.361 e. The van der Waals surface area contributed by atoms with Gasteiger partial charge in [0.1, 0.15) is 5.82 Å². The average molecular weight is 350 g/mol. The molecule has 136 valence electrons. The first-order chi connectivity index (χ1) is 12.6. The number of carbonyl (C=O) groups excluding carboxylic acids is 1. The Morgan fingerprint density at radius 3 is 3.00 bits per heavy atom. The number of hydrogen-bond acceptors (Lipinski definition) is 2. The lowest BCUT2D eigenvalue weighted by molar-refractivity contribution is -0.132. The number of nitrogens with zero attached hydrogens (tertiary/aromatic N) is 3. The number of hydrogen-bond donors (Lipinski definition) is 1. The minimum absolute atomic E-state index is 0.255. The van der Waals surface area contributed by atoms with Gasteiger partial charge in [-0.1, -0.05) is 18.2 Å². The van der Waals surface area contributed by atoms with Crippen molar-refractivity contribution in [2.45, 2.75) is 38.5 Å². The molecule has 3 aromatic rings. The predicted octanol–water partition coefficient (Wildman–Crippen LogP) is 3.55. The highest BCUT2D eigenvalue weighted by molar-refractivity contribution is 5.84. The molecule has 0 unspecified atom stereocenters.